The number of hydrogen-bond acceptors (Lipinski definition) is 4. The van der Waals surface area contributed by atoms with Crippen molar-refractivity contribution < 1.29 is 5.11 Å². The van der Waals surface area contributed by atoms with E-state index >= 15 is 0 Å². The van der Waals surface area contributed by atoms with Gasteiger partial charge in [-0.05, 0) is 28.8 Å². The first-order chi connectivity index (χ1) is 17.8. The predicted molar refractivity (Wildman–Crippen MR) is 148 cm³/mol. The first kappa shape index (κ1) is 24.3. The van der Waals surface area contributed by atoms with Gasteiger partial charge in [0.15, 0.2) is 0 Å². The second kappa shape index (κ2) is 11.5. The summed E-state index contributed by atoms with van der Waals surface area (Å²) in [6, 6.07) is 42.7. The molecule has 0 aliphatic carbocycles. The Balaban J connectivity index is 1.37. The topological polar surface area (TPSA) is 38.7 Å². The molecule has 184 valence electrons. The summed E-state index contributed by atoms with van der Waals surface area (Å²) in [4.78, 5) is 5.01. The Morgan fingerprint density at radius 3 is 1.47 bits per heavy atom. The molecule has 0 radical (unpaired) electrons. The van der Waals surface area contributed by atoms with E-state index in [1.807, 2.05) is 30.3 Å². The summed E-state index contributed by atoms with van der Waals surface area (Å²) in [5.41, 5.74) is 4.51. The minimum atomic E-state index is -0.418. The van der Waals surface area contributed by atoms with Crippen molar-refractivity contribution in [3.8, 4) is 0 Å². The number of benzene rings is 4. The van der Waals surface area contributed by atoms with Gasteiger partial charge in [0.25, 0.3) is 0 Å². The van der Waals surface area contributed by atoms with Crippen LogP contribution in [-0.2, 0) is 5.54 Å². The van der Waals surface area contributed by atoms with E-state index in [9.17, 15) is 5.11 Å². The maximum absolute atomic E-state index is 10.7. The summed E-state index contributed by atoms with van der Waals surface area (Å²) in [6.45, 7) is 4.87. The lowest BCUT2D eigenvalue weighted by atomic mass is 9.75. The molecule has 1 saturated heterocycles. The summed E-state index contributed by atoms with van der Waals surface area (Å²) in [6.07, 6.45) is -0.418. The SMILES string of the molecule is OC(CNc1ccccc1)CN1CCN(C(c2ccccc2)(c2ccccc2)c2ccccc2)CC1. The van der Waals surface area contributed by atoms with Gasteiger partial charge in [-0.25, -0.2) is 0 Å². The van der Waals surface area contributed by atoms with Crippen molar-refractivity contribution in [3.63, 3.8) is 0 Å². The van der Waals surface area contributed by atoms with Gasteiger partial charge in [-0.2, -0.15) is 0 Å². The Morgan fingerprint density at radius 2 is 1.03 bits per heavy atom. The van der Waals surface area contributed by atoms with Gasteiger partial charge in [0.1, 0.15) is 0 Å². The summed E-state index contributed by atoms with van der Waals surface area (Å²) in [7, 11) is 0. The van der Waals surface area contributed by atoms with Crippen LogP contribution in [0.25, 0.3) is 0 Å². The van der Waals surface area contributed by atoms with Gasteiger partial charge >= 0.3 is 0 Å². The highest BCUT2D eigenvalue weighted by Crippen LogP contribution is 2.42. The number of nitrogens with zero attached hydrogens (tertiary/aromatic N) is 2. The molecule has 36 heavy (non-hydrogen) atoms. The zero-order valence-corrected chi connectivity index (χ0v) is 20.7. The first-order valence-electron chi connectivity index (χ1n) is 12.9. The lowest BCUT2D eigenvalue weighted by Crippen LogP contribution is -2.57. The number of β-amino-alcohol motifs (C(OH)–C–C–N with tert-alkyl or cyclic N) is 1. The van der Waals surface area contributed by atoms with Gasteiger partial charge in [-0.15, -0.1) is 0 Å². The smallest absolute Gasteiger partial charge is 0.0973 e. The van der Waals surface area contributed by atoms with Crippen molar-refractivity contribution in [2.45, 2.75) is 11.6 Å². The Morgan fingerprint density at radius 1 is 0.611 bits per heavy atom. The molecular weight excluding hydrogens is 442 g/mol. The number of rotatable bonds is 9. The minimum absolute atomic E-state index is 0.372. The second-order valence-corrected chi connectivity index (χ2v) is 9.50. The summed E-state index contributed by atoms with van der Waals surface area (Å²) in [5, 5.41) is 14.0. The van der Waals surface area contributed by atoms with Gasteiger partial charge in [0, 0.05) is 45.0 Å². The van der Waals surface area contributed by atoms with Gasteiger partial charge < -0.3 is 10.4 Å². The number of hydrogen-bond donors (Lipinski definition) is 2. The van der Waals surface area contributed by atoms with Crippen LogP contribution in [0.5, 0.6) is 0 Å². The van der Waals surface area contributed by atoms with Crippen LogP contribution in [0.3, 0.4) is 0 Å². The van der Waals surface area contributed by atoms with Crippen LogP contribution >= 0.6 is 0 Å². The van der Waals surface area contributed by atoms with Crippen molar-refractivity contribution >= 4 is 5.69 Å². The van der Waals surface area contributed by atoms with Crippen molar-refractivity contribution in [3.05, 3.63) is 138 Å². The van der Waals surface area contributed by atoms with E-state index in [0.29, 0.717) is 13.1 Å². The van der Waals surface area contributed by atoms with E-state index in [4.69, 9.17) is 0 Å². The molecule has 2 N–H and O–H groups in total. The van der Waals surface area contributed by atoms with Gasteiger partial charge in [-0.1, -0.05) is 109 Å². The third kappa shape index (κ3) is 5.21. The maximum Gasteiger partial charge on any atom is 0.0973 e. The van der Waals surface area contributed by atoms with Crippen molar-refractivity contribution in [1.82, 2.24) is 9.80 Å². The summed E-state index contributed by atoms with van der Waals surface area (Å²) < 4.78 is 0. The highest BCUT2D eigenvalue weighted by molar-refractivity contribution is 5.49. The van der Waals surface area contributed by atoms with E-state index in [1.54, 1.807) is 0 Å². The molecule has 4 aromatic carbocycles. The highest BCUT2D eigenvalue weighted by atomic mass is 16.3. The van der Waals surface area contributed by atoms with Gasteiger partial charge in [-0.3, -0.25) is 9.80 Å². The molecule has 1 heterocycles. The molecular formula is C32H35N3O. The van der Waals surface area contributed by atoms with E-state index in [1.165, 1.54) is 16.7 Å². The number of anilines is 1. The van der Waals surface area contributed by atoms with Gasteiger partial charge in [0.05, 0.1) is 11.6 Å². The van der Waals surface area contributed by atoms with Crippen LogP contribution in [0.15, 0.2) is 121 Å². The molecule has 0 amide bonds. The number of piperazine rings is 1. The van der Waals surface area contributed by atoms with E-state index in [0.717, 1.165) is 31.9 Å². The molecule has 0 saturated carbocycles. The molecule has 1 aliphatic rings. The molecule has 1 unspecified atom stereocenters. The third-order valence-corrected chi connectivity index (χ3v) is 7.21. The van der Waals surface area contributed by atoms with Crippen LogP contribution in [0.4, 0.5) is 5.69 Å². The molecule has 5 rings (SSSR count). The zero-order valence-electron chi connectivity index (χ0n) is 20.7. The molecule has 4 nitrogen and oxygen atoms in total. The van der Waals surface area contributed by atoms with Crippen LogP contribution in [0, 0.1) is 0 Å². The molecule has 0 bridgehead atoms. The Hall–Kier alpha value is -3.44. The van der Waals surface area contributed by atoms with E-state index in [-0.39, 0.29) is 5.54 Å². The van der Waals surface area contributed by atoms with Crippen molar-refractivity contribution in [2.75, 3.05) is 44.6 Å². The molecule has 1 atom stereocenters. The van der Waals surface area contributed by atoms with Gasteiger partial charge in [0.2, 0.25) is 0 Å². The van der Waals surface area contributed by atoms with Crippen molar-refractivity contribution in [1.29, 1.82) is 0 Å². The predicted octanol–water partition coefficient (Wildman–Crippen LogP) is 5.07. The summed E-state index contributed by atoms with van der Waals surface area (Å²) >= 11 is 0. The Bertz CT molecular complexity index is 1080. The largest absolute Gasteiger partial charge is 0.390 e. The quantitative estimate of drug-likeness (QED) is 0.330. The van der Waals surface area contributed by atoms with Crippen LogP contribution < -0.4 is 5.32 Å². The standard InChI is InChI=1S/C32H35N3O/c36-31(25-33-30-19-11-4-12-20-30)26-34-21-23-35(24-22-34)32(27-13-5-1-6-14-27,28-15-7-2-8-16-28)29-17-9-3-10-18-29/h1-20,31,33,36H,21-26H2. The number of nitrogens with one attached hydrogen (secondary N) is 1. The Labute approximate surface area is 214 Å². The second-order valence-electron chi connectivity index (χ2n) is 9.50. The molecule has 0 spiro atoms. The lowest BCUT2D eigenvalue weighted by molar-refractivity contribution is 0.0462. The van der Waals surface area contributed by atoms with Crippen LogP contribution in [-0.4, -0.2) is 60.3 Å². The first-order valence-corrected chi connectivity index (χ1v) is 12.9. The van der Waals surface area contributed by atoms with Crippen molar-refractivity contribution in [2.24, 2.45) is 0 Å². The average Bonchev–Trinajstić information content (AvgIpc) is 2.96. The molecule has 1 aliphatic heterocycles. The minimum Gasteiger partial charge on any atom is -0.390 e. The monoisotopic (exact) mass is 477 g/mol. The number of aliphatic hydroxyl groups excluding tert-OH is 1. The fourth-order valence-corrected chi connectivity index (χ4v) is 5.51. The maximum atomic E-state index is 10.7. The van der Waals surface area contributed by atoms with E-state index in [2.05, 4.69) is 106 Å². The molecule has 4 heteroatoms. The number of aliphatic hydroxyl groups is 1. The molecule has 4 aromatic rings. The fourth-order valence-electron chi connectivity index (χ4n) is 5.51. The zero-order chi connectivity index (χ0) is 24.6. The lowest BCUT2D eigenvalue weighted by Gasteiger charge is -2.49. The van der Waals surface area contributed by atoms with E-state index < -0.39 is 6.10 Å². The summed E-state index contributed by atoms with van der Waals surface area (Å²) in [5.74, 6) is 0. The third-order valence-electron chi connectivity index (χ3n) is 7.21. The normalized spacial score (nSPS) is 15.9. The average molecular weight is 478 g/mol. The van der Waals surface area contributed by atoms with Crippen LogP contribution in [0.2, 0.25) is 0 Å². The fraction of sp³-hybridized carbons (Fsp3) is 0.250. The number of para-hydroxylation sites is 1. The highest BCUT2D eigenvalue weighted by Gasteiger charge is 2.43. The molecule has 0 aromatic heterocycles. The Kier molecular flexibility index (Phi) is 7.77. The molecule has 1 fully saturated rings. The van der Waals surface area contributed by atoms with Crippen LogP contribution in [0.1, 0.15) is 16.7 Å².